The largest absolute Gasteiger partial charge is 0.435 e. The lowest BCUT2D eigenvalue weighted by Gasteiger charge is -2.34. The second kappa shape index (κ2) is 7.57. The van der Waals surface area contributed by atoms with Crippen molar-refractivity contribution in [1.29, 1.82) is 0 Å². The average Bonchev–Trinajstić information content (AvgIpc) is 2.62. The number of Topliss-reactive ketones (excluding diaryl/α,β-unsaturated/α-hetero) is 1. The smallest absolute Gasteiger partial charge is 0.387 e. The van der Waals surface area contributed by atoms with Crippen LogP contribution in [0.5, 0.6) is 5.75 Å². The molecule has 0 bridgehead atoms. The van der Waals surface area contributed by atoms with Crippen LogP contribution >= 0.6 is 0 Å². The summed E-state index contributed by atoms with van der Waals surface area (Å²) in [5, 5.41) is 0. The maximum Gasteiger partial charge on any atom is 0.387 e. The van der Waals surface area contributed by atoms with Crippen LogP contribution in [0.25, 0.3) is 0 Å². The molecular formula is C18H18F2N2O3. The van der Waals surface area contributed by atoms with E-state index >= 15 is 0 Å². The normalized spacial score (nSPS) is 17.6. The van der Waals surface area contributed by atoms with Gasteiger partial charge in [-0.3, -0.25) is 4.79 Å². The van der Waals surface area contributed by atoms with Gasteiger partial charge >= 0.3 is 6.61 Å². The SMILES string of the molecule is CC(=O)c1ccc(N2CCOC(c3ccc(OC(F)F)cc3)C2)nc1. The molecule has 7 heteroatoms. The number of rotatable bonds is 5. The van der Waals surface area contributed by atoms with Crippen LogP contribution in [0.3, 0.4) is 0 Å². The summed E-state index contributed by atoms with van der Waals surface area (Å²) in [5.41, 5.74) is 1.45. The van der Waals surface area contributed by atoms with Crippen LogP contribution in [0.2, 0.25) is 0 Å². The fourth-order valence-electron chi connectivity index (χ4n) is 2.70. The van der Waals surface area contributed by atoms with Gasteiger partial charge in [-0.2, -0.15) is 8.78 Å². The van der Waals surface area contributed by atoms with E-state index in [4.69, 9.17) is 4.74 Å². The lowest BCUT2D eigenvalue weighted by atomic mass is 10.1. The van der Waals surface area contributed by atoms with Gasteiger partial charge in [0.25, 0.3) is 0 Å². The third-order valence-electron chi connectivity index (χ3n) is 4.02. The first-order valence-electron chi connectivity index (χ1n) is 7.91. The van der Waals surface area contributed by atoms with Crippen molar-refractivity contribution in [2.24, 2.45) is 0 Å². The maximum atomic E-state index is 12.2. The van der Waals surface area contributed by atoms with Crippen LogP contribution < -0.4 is 9.64 Å². The first-order valence-corrected chi connectivity index (χ1v) is 7.91. The van der Waals surface area contributed by atoms with Crippen molar-refractivity contribution < 1.29 is 23.0 Å². The highest BCUT2D eigenvalue weighted by Crippen LogP contribution is 2.27. The number of benzene rings is 1. The van der Waals surface area contributed by atoms with Gasteiger partial charge in [-0.05, 0) is 36.8 Å². The minimum absolute atomic E-state index is 0.0231. The van der Waals surface area contributed by atoms with Gasteiger partial charge in [-0.15, -0.1) is 0 Å². The summed E-state index contributed by atoms with van der Waals surface area (Å²) in [6.07, 6.45) is 1.38. The molecule has 0 saturated carbocycles. The predicted octanol–water partition coefficient (Wildman–Crippen LogP) is 3.46. The number of morpholine rings is 1. The van der Waals surface area contributed by atoms with E-state index in [1.165, 1.54) is 19.1 Å². The van der Waals surface area contributed by atoms with Crippen molar-refractivity contribution in [3.8, 4) is 5.75 Å². The summed E-state index contributed by atoms with van der Waals surface area (Å²) >= 11 is 0. The van der Waals surface area contributed by atoms with E-state index in [1.54, 1.807) is 24.4 Å². The Balaban J connectivity index is 1.69. The number of carbonyl (C=O) groups is 1. The van der Waals surface area contributed by atoms with Gasteiger partial charge in [-0.25, -0.2) is 4.98 Å². The van der Waals surface area contributed by atoms with E-state index in [2.05, 4.69) is 14.6 Å². The third-order valence-corrected chi connectivity index (χ3v) is 4.02. The van der Waals surface area contributed by atoms with Crippen LogP contribution in [0.1, 0.15) is 28.9 Å². The Kier molecular flexibility index (Phi) is 5.23. The van der Waals surface area contributed by atoms with Crippen LogP contribution in [-0.4, -0.2) is 37.1 Å². The third kappa shape index (κ3) is 4.30. The van der Waals surface area contributed by atoms with Gasteiger partial charge in [0.15, 0.2) is 5.78 Å². The first kappa shape index (κ1) is 17.3. The van der Waals surface area contributed by atoms with E-state index in [-0.39, 0.29) is 17.6 Å². The number of hydrogen-bond donors (Lipinski definition) is 0. The minimum atomic E-state index is -2.84. The Bertz CT molecular complexity index is 720. The van der Waals surface area contributed by atoms with Crippen molar-refractivity contribution in [1.82, 2.24) is 4.98 Å². The Morgan fingerprint density at radius 1 is 1.28 bits per heavy atom. The zero-order valence-corrected chi connectivity index (χ0v) is 13.7. The van der Waals surface area contributed by atoms with Crippen molar-refractivity contribution >= 4 is 11.6 Å². The van der Waals surface area contributed by atoms with Gasteiger partial charge in [0, 0.05) is 24.8 Å². The summed E-state index contributed by atoms with van der Waals surface area (Å²) in [5.74, 6) is 0.869. The van der Waals surface area contributed by atoms with Crippen LogP contribution in [0.4, 0.5) is 14.6 Å². The maximum absolute atomic E-state index is 12.2. The van der Waals surface area contributed by atoms with Gasteiger partial charge < -0.3 is 14.4 Å². The number of pyridine rings is 1. The number of ether oxygens (including phenoxy) is 2. The van der Waals surface area contributed by atoms with E-state index in [0.717, 1.165) is 11.4 Å². The molecule has 1 aromatic carbocycles. The molecule has 0 spiro atoms. The number of alkyl halides is 2. The van der Waals surface area contributed by atoms with Gasteiger partial charge in [0.2, 0.25) is 0 Å². The summed E-state index contributed by atoms with van der Waals surface area (Å²) in [6, 6.07) is 10.0. The summed E-state index contributed by atoms with van der Waals surface area (Å²) in [6.45, 7) is 0.465. The molecule has 5 nitrogen and oxygen atoms in total. The lowest BCUT2D eigenvalue weighted by molar-refractivity contribution is -0.0498. The summed E-state index contributed by atoms with van der Waals surface area (Å²) < 4.78 is 34.6. The number of anilines is 1. The van der Waals surface area contributed by atoms with Crippen molar-refractivity contribution in [2.75, 3.05) is 24.6 Å². The molecule has 1 aliphatic heterocycles. The van der Waals surface area contributed by atoms with Crippen molar-refractivity contribution in [3.05, 3.63) is 53.7 Å². The molecule has 2 aromatic rings. The fourth-order valence-corrected chi connectivity index (χ4v) is 2.70. The van der Waals surface area contributed by atoms with Crippen LogP contribution in [0, 0.1) is 0 Å². The molecule has 1 atom stereocenters. The molecule has 3 rings (SSSR count). The monoisotopic (exact) mass is 348 g/mol. The molecule has 0 amide bonds. The highest BCUT2D eigenvalue weighted by Gasteiger charge is 2.23. The topological polar surface area (TPSA) is 51.7 Å². The molecule has 0 N–H and O–H groups in total. The Hall–Kier alpha value is -2.54. The van der Waals surface area contributed by atoms with E-state index in [0.29, 0.717) is 25.3 Å². The summed E-state index contributed by atoms with van der Waals surface area (Å²) in [4.78, 5) is 17.7. The van der Waals surface area contributed by atoms with Gasteiger partial charge in [-0.1, -0.05) is 12.1 Å². The molecule has 1 unspecified atom stereocenters. The Labute approximate surface area is 144 Å². The highest BCUT2D eigenvalue weighted by molar-refractivity contribution is 5.93. The van der Waals surface area contributed by atoms with Gasteiger partial charge in [0.1, 0.15) is 17.7 Å². The molecule has 25 heavy (non-hydrogen) atoms. The molecule has 1 saturated heterocycles. The molecule has 2 heterocycles. The number of ketones is 1. The zero-order valence-electron chi connectivity index (χ0n) is 13.7. The predicted molar refractivity (Wildman–Crippen MR) is 88.2 cm³/mol. The molecule has 0 radical (unpaired) electrons. The zero-order chi connectivity index (χ0) is 17.8. The molecular weight excluding hydrogens is 330 g/mol. The van der Waals surface area contributed by atoms with Crippen molar-refractivity contribution in [3.63, 3.8) is 0 Å². The molecule has 1 aromatic heterocycles. The second-order valence-corrected chi connectivity index (χ2v) is 5.71. The number of carbonyl (C=O) groups excluding carboxylic acids is 1. The van der Waals surface area contributed by atoms with E-state index in [1.807, 2.05) is 6.07 Å². The molecule has 1 fully saturated rings. The number of halogens is 2. The van der Waals surface area contributed by atoms with E-state index < -0.39 is 6.61 Å². The minimum Gasteiger partial charge on any atom is -0.435 e. The standard InChI is InChI=1S/C18H18F2N2O3/c1-12(23)14-4-7-17(21-10-14)22-8-9-24-16(11-22)13-2-5-15(6-3-13)25-18(19)20/h2-7,10,16,18H,8-9,11H2,1H3. The quantitative estimate of drug-likeness (QED) is 0.775. The fraction of sp³-hybridized carbons (Fsp3) is 0.333. The summed E-state index contributed by atoms with van der Waals surface area (Å²) in [7, 11) is 0. The number of nitrogens with zero attached hydrogens (tertiary/aromatic N) is 2. The number of hydrogen-bond acceptors (Lipinski definition) is 5. The van der Waals surface area contributed by atoms with Crippen LogP contribution in [-0.2, 0) is 4.74 Å². The lowest BCUT2D eigenvalue weighted by Crippen LogP contribution is -2.38. The Morgan fingerprint density at radius 2 is 2.04 bits per heavy atom. The highest BCUT2D eigenvalue weighted by atomic mass is 19.3. The Morgan fingerprint density at radius 3 is 2.64 bits per heavy atom. The van der Waals surface area contributed by atoms with Crippen molar-refractivity contribution in [2.45, 2.75) is 19.6 Å². The average molecular weight is 348 g/mol. The molecule has 1 aliphatic rings. The molecule has 132 valence electrons. The first-order chi connectivity index (χ1) is 12.0. The van der Waals surface area contributed by atoms with Gasteiger partial charge in [0.05, 0.1) is 6.61 Å². The molecule has 0 aliphatic carbocycles. The number of aromatic nitrogens is 1. The van der Waals surface area contributed by atoms with E-state index in [9.17, 15) is 13.6 Å². The van der Waals surface area contributed by atoms with Crippen LogP contribution in [0.15, 0.2) is 42.6 Å². The second-order valence-electron chi connectivity index (χ2n) is 5.71.